The van der Waals surface area contributed by atoms with Crippen LogP contribution in [0.2, 0.25) is 0 Å². The van der Waals surface area contributed by atoms with Crippen molar-refractivity contribution < 1.29 is 19.4 Å². The van der Waals surface area contributed by atoms with Crippen molar-refractivity contribution in [1.29, 1.82) is 0 Å². The number of rotatable bonds is 3. The van der Waals surface area contributed by atoms with Gasteiger partial charge in [-0.15, -0.1) is 0 Å². The van der Waals surface area contributed by atoms with E-state index in [0.29, 0.717) is 6.54 Å². The Balaban J connectivity index is 1.32. The average molecular weight is 405 g/mol. The number of carboxylic acid groups (broad SMARTS) is 1. The van der Waals surface area contributed by atoms with E-state index in [-0.39, 0.29) is 30.6 Å². The third kappa shape index (κ3) is 3.08. The first-order valence-electron chi connectivity index (χ1n) is 10.9. The van der Waals surface area contributed by atoms with E-state index in [4.69, 9.17) is 4.74 Å². The minimum atomic E-state index is -0.786. The molecule has 0 bridgehead atoms. The molecule has 1 saturated heterocycles. The van der Waals surface area contributed by atoms with E-state index in [1.807, 2.05) is 24.3 Å². The third-order valence-electron chi connectivity index (χ3n) is 7.39. The lowest BCUT2D eigenvalue weighted by Gasteiger charge is -2.36. The van der Waals surface area contributed by atoms with Gasteiger partial charge in [0.1, 0.15) is 6.61 Å². The second-order valence-corrected chi connectivity index (χ2v) is 9.00. The zero-order valence-electron chi connectivity index (χ0n) is 17.0. The van der Waals surface area contributed by atoms with Crippen molar-refractivity contribution in [2.45, 2.75) is 38.0 Å². The standard InChI is InChI=1S/C25H27NO4/c27-23(28)22-14-26(16-25(22)12-6-1-7-13-25)24(29)30-15-21-19-10-4-2-8-17(19)18-9-3-5-11-20(18)21/h2-5,8-11,21-22H,1,6-7,12-16H2,(H,27,28). The van der Waals surface area contributed by atoms with Gasteiger partial charge in [-0.3, -0.25) is 4.79 Å². The maximum atomic E-state index is 12.9. The fourth-order valence-corrected chi connectivity index (χ4v) is 5.90. The van der Waals surface area contributed by atoms with Gasteiger partial charge in [-0.25, -0.2) is 4.79 Å². The Morgan fingerprint density at radius 3 is 2.17 bits per heavy atom. The fourth-order valence-electron chi connectivity index (χ4n) is 5.90. The Kier molecular flexibility index (Phi) is 4.76. The SMILES string of the molecule is O=C(O)C1CN(C(=O)OCC2c3ccccc3-c3ccccc32)CC12CCCCC2. The van der Waals surface area contributed by atoms with Crippen LogP contribution in [0.3, 0.4) is 0 Å². The molecule has 2 aromatic carbocycles. The van der Waals surface area contributed by atoms with Crippen molar-refractivity contribution in [3.05, 3.63) is 59.7 Å². The molecule has 30 heavy (non-hydrogen) atoms. The molecule has 1 aliphatic heterocycles. The molecule has 1 spiro atoms. The summed E-state index contributed by atoms with van der Waals surface area (Å²) in [6.45, 7) is 1.03. The smallest absolute Gasteiger partial charge is 0.409 e. The molecule has 1 atom stereocenters. The molecule has 0 radical (unpaired) electrons. The van der Waals surface area contributed by atoms with Crippen LogP contribution in [-0.4, -0.2) is 41.8 Å². The lowest BCUT2D eigenvalue weighted by Crippen LogP contribution is -2.37. The van der Waals surface area contributed by atoms with Crippen LogP contribution in [-0.2, 0) is 9.53 Å². The van der Waals surface area contributed by atoms with E-state index >= 15 is 0 Å². The van der Waals surface area contributed by atoms with Crippen LogP contribution in [0.25, 0.3) is 11.1 Å². The Bertz CT molecular complexity index is 933. The van der Waals surface area contributed by atoms with Crippen molar-refractivity contribution in [3.8, 4) is 11.1 Å². The summed E-state index contributed by atoms with van der Waals surface area (Å²) < 4.78 is 5.78. The number of likely N-dealkylation sites (tertiary alicyclic amines) is 1. The molecule has 5 rings (SSSR count). The largest absolute Gasteiger partial charge is 0.481 e. The number of aliphatic carboxylic acids is 1. The first-order valence-corrected chi connectivity index (χ1v) is 10.9. The molecule has 3 aliphatic rings. The lowest BCUT2D eigenvalue weighted by atomic mass is 9.68. The second-order valence-electron chi connectivity index (χ2n) is 9.00. The lowest BCUT2D eigenvalue weighted by molar-refractivity contribution is -0.145. The second kappa shape index (κ2) is 7.46. The number of carboxylic acids is 1. The van der Waals surface area contributed by atoms with Crippen LogP contribution in [0.1, 0.15) is 49.1 Å². The van der Waals surface area contributed by atoms with Crippen LogP contribution in [0.15, 0.2) is 48.5 Å². The summed E-state index contributed by atoms with van der Waals surface area (Å²) in [6.07, 6.45) is 4.63. The Morgan fingerprint density at radius 1 is 0.967 bits per heavy atom. The Labute approximate surface area is 176 Å². The van der Waals surface area contributed by atoms with Crippen LogP contribution in [0.5, 0.6) is 0 Å². The molecule has 2 aliphatic carbocycles. The van der Waals surface area contributed by atoms with E-state index in [1.165, 1.54) is 22.3 Å². The summed E-state index contributed by atoms with van der Waals surface area (Å²) in [4.78, 5) is 26.5. The van der Waals surface area contributed by atoms with Crippen LogP contribution in [0, 0.1) is 11.3 Å². The minimum Gasteiger partial charge on any atom is -0.481 e. The third-order valence-corrected chi connectivity index (χ3v) is 7.39. The van der Waals surface area contributed by atoms with E-state index in [0.717, 1.165) is 32.1 Å². The van der Waals surface area contributed by atoms with Gasteiger partial charge in [-0.05, 0) is 35.1 Å². The summed E-state index contributed by atoms with van der Waals surface area (Å²) in [7, 11) is 0. The maximum Gasteiger partial charge on any atom is 0.409 e. The van der Waals surface area contributed by atoms with Gasteiger partial charge in [0.05, 0.1) is 5.92 Å². The van der Waals surface area contributed by atoms with Crippen LogP contribution < -0.4 is 0 Å². The number of benzene rings is 2. The number of carbonyl (C=O) groups excluding carboxylic acids is 1. The normalized spacial score (nSPS) is 22.0. The van der Waals surface area contributed by atoms with Crippen LogP contribution >= 0.6 is 0 Å². The first kappa shape index (κ1) is 19.2. The van der Waals surface area contributed by atoms with Crippen molar-refractivity contribution in [2.75, 3.05) is 19.7 Å². The molecule has 1 heterocycles. The summed E-state index contributed by atoms with van der Waals surface area (Å²) in [5, 5.41) is 9.77. The zero-order chi connectivity index (χ0) is 20.7. The van der Waals surface area contributed by atoms with Gasteiger partial charge >= 0.3 is 12.1 Å². The van der Waals surface area contributed by atoms with E-state index in [9.17, 15) is 14.7 Å². The maximum absolute atomic E-state index is 12.9. The van der Waals surface area contributed by atoms with Crippen LogP contribution in [0.4, 0.5) is 4.79 Å². The van der Waals surface area contributed by atoms with Gasteiger partial charge in [0.15, 0.2) is 0 Å². The van der Waals surface area contributed by atoms with E-state index in [1.54, 1.807) is 4.90 Å². The molecule has 1 N–H and O–H groups in total. The number of fused-ring (bicyclic) bond motifs is 3. The molecule has 5 heteroatoms. The number of amides is 1. The quantitative estimate of drug-likeness (QED) is 0.789. The highest BCUT2D eigenvalue weighted by atomic mass is 16.6. The minimum absolute atomic E-state index is 0.0165. The van der Waals surface area contributed by atoms with E-state index < -0.39 is 11.9 Å². The molecule has 2 fully saturated rings. The molecular weight excluding hydrogens is 378 g/mol. The molecule has 2 aromatic rings. The van der Waals surface area contributed by atoms with Gasteiger partial charge < -0.3 is 14.7 Å². The van der Waals surface area contributed by atoms with Crippen molar-refractivity contribution in [1.82, 2.24) is 4.90 Å². The average Bonchev–Trinajstić information content (AvgIpc) is 3.29. The molecule has 1 amide bonds. The first-order chi connectivity index (χ1) is 14.6. The number of hydrogen-bond acceptors (Lipinski definition) is 3. The van der Waals surface area contributed by atoms with Crippen molar-refractivity contribution >= 4 is 12.1 Å². The Morgan fingerprint density at radius 2 is 1.57 bits per heavy atom. The monoisotopic (exact) mass is 405 g/mol. The summed E-state index contributed by atoms with van der Waals surface area (Å²) in [5.41, 5.74) is 4.47. The van der Waals surface area contributed by atoms with Gasteiger partial charge in [0, 0.05) is 24.4 Å². The molecule has 0 aromatic heterocycles. The molecular formula is C25H27NO4. The van der Waals surface area contributed by atoms with Crippen molar-refractivity contribution in [2.24, 2.45) is 11.3 Å². The van der Waals surface area contributed by atoms with E-state index in [2.05, 4.69) is 24.3 Å². The highest BCUT2D eigenvalue weighted by Crippen LogP contribution is 2.48. The van der Waals surface area contributed by atoms with Gasteiger partial charge in [-0.1, -0.05) is 67.8 Å². The number of nitrogens with zero attached hydrogens (tertiary/aromatic N) is 1. The molecule has 1 unspecified atom stereocenters. The molecule has 5 nitrogen and oxygen atoms in total. The molecule has 1 saturated carbocycles. The van der Waals surface area contributed by atoms with Gasteiger partial charge in [0.25, 0.3) is 0 Å². The summed E-state index contributed by atoms with van der Waals surface area (Å²) in [6, 6.07) is 16.5. The number of ether oxygens (including phenoxy) is 1. The van der Waals surface area contributed by atoms with Gasteiger partial charge in [-0.2, -0.15) is 0 Å². The number of carbonyl (C=O) groups is 2. The van der Waals surface area contributed by atoms with Crippen molar-refractivity contribution in [3.63, 3.8) is 0 Å². The van der Waals surface area contributed by atoms with Gasteiger partial charge in [0.2, 0.25) is 0 Å². The highest BCUT2D eigenvalue weighted by molar-refractivity contribution is 5.79. The highest BCUT2D eigenvalue weighted by Gasteiger charge is 2.52. The summed E-state index contributed by atoms with van der Waals surface area (Å²) in [5.74, 6) is -1.26. The topological polar surface area (TPSA) is 66.8 Å². The number of hydrogen-bond donors (Lipinski definition) is 1. The zero-order valence-corrected chi connectivity index (χ0v) is 17.0. The predicted octanol–water partition coefficient (Wildman–Crippen LogP) is 4.90. The predicted molar refractivity (Wildman–Crippen MR) is 113 cm³/mol. The molecule has 156 valence electrons. The fraction of sp³-hybridized carbons (Fsp3) is 0.440. The Hall–Kier alpha value is -2.82. The summed E-state index contributed by atoms with van der Waals surface area (Å²) >= 11 is 0.